The topological polar surface area (TPSA) is 88.4 Å². The highest BCUT2D eigenvalue weighted by molar-refractivity contribution is 5.63. The molecule has 0 amide bonds. The molecule has 152 valence electrons. The van der Waals surface area contributed by atoms with E-state index in [9.17, 15) is 0 Å². The first-order chi connectivity index (χ1) is 14.7. The van der Waals surface area contributed by atoms with Gasteiger partial charge in [0.1, 0.15) is 5.69 Å². The summed E-state index contributed by atoms with van der Waals surface area (Å²) in [4.78, 5) is 11.3. The summed E-state index contributed by atoms with van der Waals surface area (Å²) < 4.78 is 2.10. The van der Waals surface area contributed by atoms with Crippen molar-refractivity contribution in [1.82, 2.24) is 40.1 Å². The van der Waals surface area contributed by atoms with Gasteiger partial charge in [-0.1, -0.05) is 24.3 Å². The Balaban J connectivity index is 1.18. The van der Waals surface area contributed by atoms with Crippen molar-refractivity contribution < 1.29 is 0 Å². The Morgan fingerprint density at radius 2 is 1.97 bits per heavy atom. The van der Waals surface area contributed by atoms with E-state index >= 15 is 0 Å². The molecule has 0 saturated heterocycles. The van der Waals surface area contributed by atoms with E-state index in [0.29, 0.717) is 5.82 Å². The Hall–Kier alpha value is -3.39. The molecule has 1 aliphatic carbocycles. The van der Waals surface area contributed by atoms with Gasteiger partial charge in [0.05, 0.1) is 12.0 Å². The Bertz CT molecular complexity index is 1100. The second-order valence-corrected chi connectivity index (χ2v) is 7.92. The molecule has 0 aliphatic heterocycles. The number of tetrazole rings is 1. The number of nitrogens with one attached hydrogen (secondary N) is 1. The molecule has 0 spiro atoms. The molecule has 1 saturated carbocycles. The van der Waals surface area contributed by atoms with Gasteiger partial charge >= 0.3 is 0 Å². The normalized spacial score (nSPS) is 13.8. The van der Waals surface area contributed by atoms with Crippen LogP contribution in [0, 0.1) is 0 Å². The maximum atomic E-state index is 4.52. The first kappa shape index (κ1) is 18.6. The number of aromatic amines is 1. The van der Waals surface area contributed by atoms with Crippen LogP contribution in [0.15, 0.2) is 55.1 Å². The second-order valence-electron chi connectivity index (χ2n) is 7.92. The van der Waals surface area contributed by atoms with Gasteiger partial charge < -0.3 is 9.47 Å². The van der Waals surface area contributed by atoms with Crippen molar-refractivity contribution in [2.24, 2.45) is 0 Å². The van der Waals surface area contributed by atoms with Crippen LogP contribution >= 0.6 is 0 Å². The van der Waals surface area contributed by atoms with E-state index in [0.717, 1.165) is 42.5 Å². The second kappa shape index (κ2) is 8.16. The molecule has 1 fully saturated rings. The van der Waals surface area contributed by atoms with E-state index in [-0.39, 0.29) is 0 Å². The first-order valence-electron chi connectivity index (χ1n) is 10.2. The average molecular weight is 400 g/mol. The van der Waals surface area contributed by atoms with E-state index in [4.69, 9.17) is 0 Å². The van der Waals surface area contributed by atoms with Gasteiger partial charge in [-0.3, -0.25) is 4.98 Å². The first-order valence-corrected chi connectivity index (χ1v) is 10.2. The monoisotopic (exact) mass is 400 g/mol. The minimum Gasteiger partial charge on any atom is -0.335 e. The standard InChI is InChI=1S/C22H24N8/c1-29(13-16-2-4-17(5-3-16)18-6-7-18)10-11-30-14-21(24-15-30)20-12-19(8-9-23-20)22-25-27-28-26-22/h2-5,8-9,12,14-15,18H,6-7,10-11,13H2,1H3,(H,25,26,27,28). The zero-order chi connectivity index (χ0) is 20.3. The molecule has 1 aliphatic rings. The Labute approximate surface area is 175 Å². The highest BCUT2D eigenvalue weighted by atomic mass is 15.5. The van der Waals surface area contributed by atoms with Crippen LogP contribution in [0.25, 0.3) is 22.8 Å². The summed E-state index contributed by atoms with van der Waals surface area (Å²) in [6, 6.07) is 12.9. The summed E-state index contributed by atoms with van der Waals surface area (Å²) in [6.07, 6.45) is 8.32. The third-order valence-electron chi connectivity index (χ3n) is 5.48. The number of nitrogens with zero attached hydrogens (tertiary/aromatic N) is 7. The van der Waals surface area contributed by atoms with E-state index in [1.165, 1.54) is 24.0 Å². The molecular formula is C22H24N8. The number of H-pyrrole nitrogens is 1. The fourth-order valence-electron chi connectivity index (χ4n) is 3.60. The predicted molar refractivity (Wildman–Crippen MR) is 113 cm³/mol. The lowest BCUT2D eigenvalue weighted by Crippen LogP contribution is -2.22. The number of aromatic nitrogens is 7. The van der Waals surface area contributed by atoms with Crippen LogP contribution in [0.4, 0.5) is 0 Å². The zero-order valence-electron chi connectivity index (χ0n) is 16.9. The van der Waals surface area contributed by atoms with Crippen LogP contribution in [0.5, 0.6) is 0 Å². The molecular weight excluding hydrogens is 376 g/mol. The molecule has 0 atom stereocenters. The van der Waals surface area contributed by atoms with Gasteiger partial charge in [-0.25, -0.2) is 4.98 Å². The number of rotatable bonds is 8. The minimum atomic E-state index is 0.546. The molecule has 5 rings (SSSR count). The largest absolute Gasteiger partial charge is 0.335 e. The van der Waals surface area contributed by atoms with Crippen molar-refractivity contribution in [2.75, 3.05) is 13.6 Å². The van der Waals surface area contributed by atoms with Crippen LogP contribution in [0.3, 0.4) is 0 Å². The van der Waals surface area contributed by atoms with Crippen molar-refractivity contribution in [2.45, 2.75) is 31.8 Å². The van der Waals surface area contributed by atoms with Gasteiger partial charge in [0.25, 0.3) is 0 Å². The molecule has 8 heteroatoms. The van der Waals surface area contributed by atoms with Crippen molar-refractivity contribution in [1.29, 1.82) is 0 Å². The number of imidazole rings is 1. The number of hydrogen-bond acceptors (Lipinski definition) is 6. The molecule has 1 N–H and O–H groups in total. The van der Waals surface area contributed by atoms with Crippen LogP contribution in [-0.2, 0) is 13.1 Å². The summed E-state index contributed by atoms with van der Waals surface area (Å²) >= 11 is 0. The number of pyridine rings is 1. The van der Waals surface area contributed by atoms with Crippen molar-refractivity contribution >= 4 is 0 Å². The van der Waals surface area contributed by atoms with Gasteiger partial charge in [0.15, 0.2) is 0 Å². The summed E-state index contributed by atoms with van der Waals surface area (Å²) in [5.41, 5.74) is 5.33. The molecule has 0 bridgehead atoms. The van der Waals surface area contributed by atoms with E-state index < -0.39 is 0 Å². The number of hydrogen-bond donors (Lipinski definition) is 1. The average Bonchev–Trinajstić information content (AvgIpc) is 3.27. The van der Waals surface area contributed by atoms with E-state index in [2.05, 4.69) is 71.4 Å². The molecule has 3 aromatic heterocycles. The Morgan fingerprint density at radius 1 is 1.10 bits per heavy atom. The Kier molecular flexibility index (Phi) is 5.06. The lowest BCUT2D eigenvalue weighted by atomic mass is 10.1. The number of likely N-dealkylation sites (N-methyl/N-ethyl adjacent to an activating group) is 1. The quantitative estimate of drug-likeness (QED) is 0.489. The van der Waals surface area contributed by atoms with Gasteiger partial charge in [-0.2, -0.15) is 5.21 Å². The predicted octanol–water partition coefficient (Wildman–Crippen LogP) is 3.13. The molecule has 30 heavy (non-hydrogen) atoms. The summed E-state index contributed by atoms with van der Waals surface area (Å²) in [5, 5.41) is 14.1. The third-order valence-corrected chi connectivity index (χ3v) is 5.48. The molecule has 4 aromatic rings. The maximum Gasteiger partial charge on any atom is 0.204 e. The molecule has 0 radical (unpaired) electrons. The van der Waals surface area contributed by atoms with Gasteiger partial charge in [0.2, 0.25) is 5.82 Å². The summed E-state index contributed by atoms with van der Waals surface area (Å²) in [7, 11) is 2.16. The maximum absolute atomic E-state index is 4.52. The summed E-state index contributed by atoms with van der Waals surface area (Å²) in [5.74, 6) is 1.36. The fourth-order valence-corrected chi connectivity index (χ4v) is 3.60. The van der Waals surface area contributed by atoms with Crippen molar-refractivity contribution in [3.05, 3.63) is 66.2 Å². The Morgan fingerprint density at radius 3 is 2.73 bits per heavy atom. The van der Waals surface area contributed by atoms with Crippen molar-refractivity contribution in [3.8, 4) is 22.8 Å². The molecule has 1 aromatic carbocycles. The van der Waals surface area contributed by atoms with E-state index in [1.54, 1.807) is 6.20 Å². The SMILES string of the molecule is CN(CCn1cnc(-c2cc(-c3nn[nH]n3)ccn2)c1)Cc1ccc(C2CC2)cc1. The smallest absolute Gasteiger partial charge is 0.204 e. The van der Waals surface area contributed by atoms with Crippen LogP contribution in [0.2, 0.25) is 0 Å². The zero-order valence-corrected chi connectivity index (χ0v) is 16.9. The molecule has 8 nitrogen and oxygen atoms in total. The van der Waals surface area contributed by atoms with Crippen LogP contribution in [0.1, 0.15) is 29.9 Å². The van der Waals surface area contributed by atoms with Gasteiger partial charge in [0, 0.05) is 37.6 Å². The van der Waals surface area contributed by atoms with Crippen molar-refractivity contribution in [3.63, 3.8) is 0 Å². The number of benzene rings is 1. The lowest BCUT2D eigenvalue weighted by Gasteiger charge is -2.17. The van der Waals surface area contributed by atoms with Crippen LogP contribution in [-0.4, -0.2) is 53.7 Å². The van der Waals surface area contributed by atoms with E-state index in [1.807, 2.05) is 24.7 Å². The lowest BCUT2D eigenvalue weighted by molar-refractivity contribution is 0.311. The third kappa shape index (κ3) is 4.28. The van der Waals surface area contributed by atoms with Gasteiger partial charge in [-0.05, 0) is 54.3 Å². The fraction of sp³-hybridized carbons (Fsp3) is 0.318. The highest BCUT2D eigenvalue weighted by Crippen LogP contribution is 2.39. The molecule has 3 heterocycles. The molecule has 0 unspecified atom stereocenters. The summed E-state index contributed by atoms with van der Waals surface area (Å²) in [6.45, 7) is 2.76. The highest BCUT2D eigenvalue weighted by Gasteiger charge is 2.22. The minimum absolute atomic E-state index is 0.546. The van der Waals surface area contributed by atoms with Crippen LogP contribution < -0.4 is 0 Å². The van der Waals surface area contributed by atoms with Gasteiger partial charge in [-0.15, -0.1) is 10.2 Å².